The van der Waals surface area contributed by atoms with E-state index >= 15 is 0 Å². The van der Waals surface area contributed by atoms with E-state index in [1.165, 1.54) is 4.88 Å². The van der Waals surface area contributed by atoms with Crippen LogP contribution in [0.4, 0.5) is 0 Å². The number of carbonyl (C=O) groups is 1. The summed E-state index contributed by atoms with van der Waals surface area (Å²) in [7, 11) is 1.83. The summed E-state index contributed by atoms with van der Waals surface area (Å²) in [5.41, 5.74) is 5.92. The molecule has 2 atom stereocenters. The zero-order chi connectivity index (χ0) is 13.0. The molecule has 0 aliphatic carbocycles. The van der Waals surface area contributed by atoms with Crippen LogP contribution in [-0.4, -0.2) is 23.9 Å². The van der Waals surface area contributed by atoms with Crippen molar-refractivity contribution in [1.82, 2.24) is 4.90 Å². The number of hydrogen-bond donors (Lipinski definition) is 1. The molecule has 1 aromatic rings. The number of amides is 1. The molecule has 2 N–H and O–H groups in total. The summed E-state index contributed by atoms with van der Waals surface area (Å²) in [5.74, 6) is 0.471. The van der Waals surface area contributed by atoms with Gasteiger partial charge in [-0.2, -0.15) is 0 Å². The van der Waals surface area contributed by atoms with Crippen LogP contribution >= 0.6 is 11.3 Å². The predicted molar refractivity (Wildman–Crippen MR) is 72.9 cm³/mol. The van der Waals surface area contributed by atoms with E-state index in [-0.39, 0.29) is 18.0 Å². The van der Waals surface area contributed by atoms with Gasteiger partial charge in [0.2, 0.25) is 5.91 Å². The average molecular weight is 254 g/mol. The molecule has 1 amide bonds. The molecule has 0 aliphatic heterocycles. The summed E-state index contributed by atoms with van der Waals surface area (Å²) in [5, 5.41) is 2.03. The van der Waals surface area contributed by atoms with Gasteiger partial charge in [0.05, 0.1) is 12.1 Å². The molecule has 0 fully saturated rings. The lowest BCUT2D eigenvalue weighted by Crippen LogP contribution is -2.43. The van der Waals surface area contributed by atoms with Crippen molar-refractivity contribution in [3.05, 3.63) is 22.4 Å². The SMILES string of the molecule is CC(C)C[C@H](N)C(=O)N(C)C(C)c1cccs1. The van der Waals surface area contributed by atoms with Crippen molar-refractivity contribution in [2.24, 2.45) is 11.7 Å². The van der Waals surface area contributed by atoms with Crippen molar-refractivity contribution in [3.8, 4) is 0 Å². The molecule has 0 spiro atoms. The minimum absolute atomic E-state index is 0.0274. The van der Waals surface area contributed by atoms with Gasteiger partial charge < -0.3 is 10.6 Å². The second-order valence-corrected chi connectivity index (χ2v) is 5.86. The predicted octanol–water partition coefficient (Wildman–Crippen LogP) is 2.64. The maximum Gasteiger partial charge on any atom is 0.239 e. The molecule has 0 radical (unpaired) electrons. The first-order chi connectivity index (χ1) is 7.93. The number of likely N-dealkylation sites (N-methyl/N-ethyl adjacent to an activating group) is 1. The van der Waals surface area contributed by atoms with Crippen LogP contribution in [0.15, 0.2) is 17.5 Å². The Hall–Kier alpha value is -0.870. The summed E-state index contributed by atoms with van der Waals surface area (Å²) in [6, 6.07) is 3.76. The topological polar surface area (TPSA) is 46.3 Å². The lowest BCUT2D eigenvalue weighted by Gasteiger charge is -2.27. The maximum absolute atomic E-state index is 12.1. The number of rotatable bonds is 5. The Labute approximate surface area is 108 Å². The van der Waals surface area contributed by atoms with E-state index in [0.29, 0.717) is 5.92 Å². The lowest BCUT2D eigenvalue weighted by molar-refractivity contribution is -0.133. The number of thiophene rings is 1. The minimum atomic E-state index is -0.387. The number of carbonyl (C=O) groups excluding carboxylic acids is 1. The summed E-state index contributed by atoms with van der Waals surface area (Å²) in [6.07, 6.45) is 0.736. The molecule has 96 valence electrons. The molecule has 0 bridgehead atoms. The highest BCUT2D eigenvalue weighted by Gasteiger charge is 2.23. The van der Waals surface area contributed by atoms with Crippen LogP contribution in [0.1, 0.15) is 38.1 Å². The molecular formula is C13H22N2OS. The summed E-state index contributed by atoms with van der Waals surface area (Å²) in [4.78, 5) is 15.1. The fourth-order valence-electron chi connectivity index (χ4n) is 1.78. The first-order valence-electron chi connectivity index (χ1n) is 5.99. The van der Waals surface area contributed by atoms with Crippen LogP contribution in [0.5, 0.6) is 0 Å². The van der Waals surface area contributed by atoms with E-state index < -0.39 is 0 Å². The number of nitrogens with two attached hydrogens (primary N) is 1. The lowest BCUT2D eigenvalue weighted by atomic mass is 10.0. The molecular weight excluding hydrogens is 232 g/mol. The summed E-state index contributed by atoms with van der Waals surface area (Å²) in [6.45, 7) is 6.19. The molecule has 4 heteroatoms. The molecule has 0 aromatic carbocycles. The van der Waals surface area contributed by atoms with Crippen LogP contribution in [0.3, 0.4) is 0 Å². The Balaban J connectivity index is 2.63. The molecule has 1 heterocycles. The monoisotopic (exact) mass is 254 g/mol. The van der Waals surface area contributed by atoms with Gasteiger partial charge in [0, 0.05) is 11.9 Å². The van der Waals surface area contributed by atoms with E-state index in [1.54, 1.807) is 16.2 Å². The van der Waals surface area contributed by atoms with Gasteiger partial charge in [0.25, 0.3) is 0 Å². The zero-order valence-electron chi connectivity index (χ0n) is 11.0. The van der Waals surface area contributed by atoms with Crippen LogP contribution in [-0.2, 0) is 4.79 Å². The van der Waals surface area contributed by atoms with Gasteiger partial charge in [-0.15, -0.1) is 11.3 Å². The highest BCUT2D eigenvalue weighted by atomic mass is 32.1. The van der Waals surface area contributed by atoms with E-state index in [4.69, 9.17) is 5.73 Å². The molecule has 0 saturated carbocycles. The van der Waals surface area contributed by atoms with Gasteiger partial charge in [-0.3, -0.25) is 4.79 Å². The second kappa shape index (κ2) is 6.17. The Kier molecular flexibility index (Phi) is 5.15. The average Bonchev–Trinajstić information content (AvgIpc) is 2.78. The normalized spacial score (nSPS) is 14.7. The van der Waals surface area contributed by atoms with Gasteiger partial charge in [-0.05, 0) is 30.7 Å². The fourth-order valence-corrected chi connectivity index (χ4v) is 2.61. The zero-order valence-corrected chi connectivity index (χ0v) is 11.8. The Morgan fingerprint density at radius 1 is 1.47 bits per heavy atom. The molecule has 1 rings (SSSR count). The van der Waals surface area contributed by atoms with Gasteiger partial charge in [-0.1, -0.05) is 19.9 Å². The van der Waals surface area contributed by atoms with Crippen LogP contribution in [0.2, 0.25) is 0 Å². The third kappa shape index (κ3) is 3.82. The third-order valence-electron chi connectivity index (χ3n) is 2.93. The largest absolute Gasteiger partial charge is 0.337 e. The quantitative estimate of drug-likeness (QED) is 0.878. The van der Waals surface area contributed by atoms with Crippen LogP contribution in [0.25, 0.3) is 0 Å². The summed E-state index contributed by atoms with van der Waals surface area (Å²) >= 11 is 1.67. The smallest absolute Gasteiger partial charge is 0.239 e. The van der Waals surface area contributed by atoms with Crippen LogP contribution in [0, 0.1) is 5.92 Å². The standard InChI is InChI=1S/C13H22N2OS/c1-9(2)8-11(14)13(16)15(4)10(3)12-6-5-7-17-12/h5-7,9-11H,8,14H2,1-4H3/t10?,11-/m0/s1. The number of hydrogen-bond acceptors (Lipinski definition) is 3. The molecule has 1 aromatic heterocycles. The second-order valence-electron chi connectivity index (χ2n) is 4.88. The highest BCUT2D eigenvalue weighted by Crippen LogP contribution is 2.24. The van der Waals surface area contributed by atoms with Crippen molar-refractivity contribution in [1.29, 1.82) is 0 Å². The van der Waals surface area contributed by atoms with Crippen molar-refractivity contribution >= 4 is 17.2 Å². The third-order valence-corrected chi connectivity index (χ3v) is 3.97. The molecule has 17 heavy (non-hydrogen) atoms. The van der Waals surface area contributed by atoms with Gasteiger partial charge in [0.15, 0.2) is 0 Å². The fraction of sp³-hybridized carbons (Fsp3) is 0.615. The molecule has 0 aliphatic rings. The first-order valence-corrected chi connectivity index (χ1v) is 6.87. The molecule has 1 unspecified atom stereocenters. The molecule has 0 saturated heterocycles. The minimum Gasteiger partial charge on any atom is -0.337 e. The molecule has 3 nitrogen and oxygen atoms in total. The Bertz CT molecular complexity index is 348. The van der Waals surface area contributed by atoms with E-state index in [0.717, 1.165) is 6.42 Å². The number of nitrogens with zero attached hydrogens (tertiary/aromatic N) is 1. The van der Waals surface area contributed by atoms with E-state index in [2.05, 4.69) is 13.8 Å². The van der Waals surface area contributed by atoms with Crippen molar-refractivity contribution in [3.63, 3.8) is 0 Å². The van der Waals surface area contributed by atoms with Crippen molar-refractivity contribution < 1.29 is 4.79 Å². The maximum atomic E-state index is 12.1. The Morgan fingerprint density at radius 3 is 2.59 bits per heavy atom. The Morgan fingerprint density at radius 2 is 2.12 bits per heavy atom. The van der Waals surface area contributed by atoms with E-state index in [1.807, 2.05) is 31.5 Å². The first kappa shape index (κ1) is 14.2. The van der Waals surface area contributed by atoms with Gasteiger partial charge >= 0.3 is 0 Å². The van der Waals surface area contributed by atoms with Gasteiger partial charge in [-0.25, -0.2) is 0 Å². The van der Waals surface area contributed by atoms with Crippen molar-refractivity contribution in [2.75, 3.05) is 7.05 Å². The van der Waals surface area contributed by atoms with Gasteiger partial charge in [0.1, 0.15) is 0 Å². The van der Waals surface area contributed by atoms with Crippen molar-refractivity contribution in [2.45, 2.75) is 39.3 Å². The van der Waals surface area contributed by atoms with Crippen LogP contribution < -0.4 is 5.73 Å². The highest BCUT2D eigenvalue weighted by molar-refractivity contribution is 7.10. The summed E-state index contributed by atoms with van der Waals surface area (Å²) < 4.78 is 0. The van der Waals surface area contributed by atoms with E-state index in [9.17, 15) is 4.79 Å².